The van der Waals surface area contributed by atoms with Crippen molar-refractivity contribution < 1.29 is 9.84 Å². The summed E-state index contributed by atoms with van der Waals surface area (Å²) in [6.45, 7) is 2.00. The number of aromatic hydroxyl groups is 1. The molecule has 2 N–H and O–H groups in total. The van der Waals surface area contributed by atoms with Crippen molar-refractivity contribution in [2.45, 2.75) is 13.3 Å². The molecular formula is C18H14N2O3. The predicted octanol–water partition coefficient (Wildman–Crippen LogP) is 3.15. The number of rotatable bonds is 1. The molecule has 0 amide bonds. The number of hydrogen-bond acceptors (Lipinski definition) is 4. The third-order valence-electron chi connectivity index (χ3n) is 3.89. The van der Waals surface area contributed by atoms with E-state index in [4.69, 9.17) is 4.74 Å². The second-order valence-electron chi connectivity index (χ2n) is 5.64. The van der Waals surface area contributed by atoms with E-state index in [9.17, 15) is 9.90 Å². The zero-order valence-corrected chi connectivity index (χ0v) is 12.5. The molecule has 0 saturated heterocycles. The molecule has 0 fully saturated rings. The molecular weight excluding hydrogens is 292 g/mol. The molecule has 0 saturated carbocycles. The van der Waals surface area contributed by atoms with Crippen LogP contribution in [0.5, 0.6) is 17.4 Å². The first-order chi connectivity index (χ1) is 11.1. The fourth-order valence-corrected chi connectivity index (χ4v) is 2.75. The van der Waals surface area contributed by atoms with Crippen LogP contribution in [0.15, 0.2) is 47.3 Å². The highest BCUT2D eigenvalue weighted by Gasteiger charge is 2.22. The van der Waals surface area contributed by atoms with Crippen LogP contribution in [0.25, 0.3) is 11.4 Å². The van der Waals surface area contributed by atoms with Gasteiger partial charge in [0.1, 0.15) is 17.3 Å². The number of phenolic OH excluding ortho intramolecular Hbond substituents is 1. The largest absolute Gasteiger partial charge is 0.508 e. The Morgan fingerprint density at radius 3 is 2.91 bits per heavy atom. The molecule has 3 aromatic rings. The summed E-state index contributed by atoms with van der Waals surface area (Å²) < 4.78 is 5.81. The van der Waals surface area contributed by atoms with Crippen molar-refractivity contribution in [1.29, 1.82) is 0 Å². The van der Waals surface area contributed by atoms with Gasteiger partial charge in [-0.15, -0.1) is 0 Å². The lowest BCUT2D eigenvalue weighted by Crippen LogP contribution is -2.20. The van der Waals surface area contributed by atoms with Crippen LogP contribution in [0.4, 0.5) is 0 Å². The number of aromatic nitrogens is 2. The lowest BCUT2D eigenvalue weighted by atomic mass is 10.0. The molecule has 0 atom stereocenters. The SMILES string of the molecule is Cc1ccc2c(c1)Cc1c(nc(-c3cccc(O)c3)[nH]c1=O)O2. The first kappa shape index (κ1) is 13.6. The van der Waals surface area contributed by atoms with Crippen molar-refractivity contribution in [1.82, 2.24) is 9.97 Å². The molecule has 2 aromatic carbocycles. The summed E-state index contributed by atoms with van der Waals surface area (Å²) in [4.78, 5) is 19.6. The minimum Gasteiger partial charge on any atom is -0.508 e. The number of aromatic amines is 1. The summed E-state index contributed by atoms with van der Waals surface area (Å²) in [7, 11) is 0. The van der Waals surface area contributed by atoms with Gasteiger partial charge >= 0.3 is 0 Å². The van der Waals surface area contributed by atoms with Gasteiger partial charge in [0.15, 0.2) is 0 Å². The van der Waals surface area contributed by atoms with E-state index in [-0.39, 0.29) is 11.3 Å². The fraction of sp³-hybridized carbons (Fsp3) is 0.111. The molecule has 4 rings (SSSR count). The average molecular weight is 306 g/mol. The minimum atomic E-state index is -0.222. The number of ether oxygens (including phenoxy) is 1. The Morgan fingerprint density at radius 1 is 1.22 bits per heavy atom. The Balaban J connectivity index is 1.83. The van der Waals surface area contributed by atoms with E-state index in [1.807, 2.05) is 25.1 Å². The maximum absolute atomic E-state index is 12.4. The van der Waals surface area contributed by atoms with Crippen LogP contribution in [-0.2, 0) is 6.42 Å². The van der Waals surface area contributed by atoms with Crippen LogP contribution in [0.3, 0.4) is 0 Å². The number of hydrogen-bond donors (Lipinski definition) is 2. The van der Waals surface area contributed by atoms with Crippen LogP contribution in [0, 0.1) is 6.92 Å². The highest BCUT2D eigenvalue weighted by molar-refractivity contribution is 5.59. The molecule has 23 heavy (non-hydrogen) atoms. The lowest BCUT2D eigenvalue weighted by Gasteiger charge is -2.19. The van der Waals surface area contributed by atoms with Crippen LogP contribution < -0.4 is 10.3 Å². The Kier molecular flexibility index (Phi) is 2.94. The highest BCUT2D eigenvalue weighted by atomic mass is 16.5. The van der Waals surface area contributed by atoms with Gasteiger partial charge in [0, 0.05) is 12.0 Å². The van der Waals surface area contributed by atoms with Crippen LogP contribution in [0.2, 0.25) is 0 Å². The summed E-state index contributed by atoms with van der Waals surface area (Å²) in [5, 5.41) is 9.59. The maximum atomic E-state index is 12.4. The Morgan fingerprint density at radius 2 is 2.09 bits per heavy atom. The first-order valence-electron chi connectivity index (χ1n) is 7.30. The van der Waals surface area contributed by atoms with Gasteiger partial charge in [-0.25, -0.2) is 0 Å². The van der Waals surface area contributed by atoms with Crippen LogP contribution in [-0.4, -0.2) is 15.1 Å². The topological polar surface area (TPSA) is 75.2 Å². The number of fused-ring (bicyclic) bond motifs is 2. The lowest BCUT2D eigenvalue weighted by molar-refractivity contribution is 0.438. The first-order valence-corrected chi connectivity index (χ1v) is 7.30. The number of phenols is 1. The normalized spacial score (nSPS) is 12.2. The van der Waals surface area contributed by atoms with Crippen molar-refractivity contribution >= 4 is 0 Å². The number of H-pyrrole nitrogens is 1. The van der Waals surface area contributed by atoms with E-state index in [0.29, 0.717) is 29.3 Å². The number of nitrogens with zero attached hydrogens (tertiary/aromatic N) is 1. The molecule has 5 heteroatoms. The summed E-state index contributed by atoms with van der Waals surface area (Å²) in [6, 6.07) is 12.5. The Bertz CT molecular complexity index is 976. The van der Waals surface area contributed by atoms with Crippen molar-refractivity contribution in [3.63, 3.8) is 0 Å². The molecule has 1 aliphatic rings. The van der Waals surface area contributed by atoms with Crippen LogP contribution >= 0.6 is 0 Å². The summed E-state index contributed by atoms with van der Waals surface area (Å²) in [5.74, 6) is 1.54. The molecule has 1 aliphatic heterocycles. The maximum Gasteiger partial charge on any atom is 0.258 e. The zero-order valence-electron chi connectivity index (χ0n) is 12.5. The van der Waals surface area contributed by atoms with Gasteiger partial charge in [-0.3, -0.25) is 4.79 Å². The predicted molar refractivity (Wildman–Crippen MR) is 86.0 cm³/mol. The second kappa shape index (κ2) is 4.98. The van der Waals surface area contributed by atoms with Gasteiger partial charge in [-0.2, -0.15) is 4.98 Å². The fourth-order valence-electron chi connectivity index (χ4n) is 2.75. The van der Waals surface area contributed by atoms with Gasteiger partial charge in [-0.1, -0.05) is 29.8 Å². The molecule has 0 spiro atoms. The van der Waals surface area contributed by atoms with Crippen molar-refractivity contribution in [2.75, 3.05) is 0 Å². The highest BCUT2D eigenvalue weighted by Crippen LogP contribution is 2.34. The zero-order chi connectivity index (χ0) is 16.0. The second-order valence-corrected chi connectivity index (χ2v) is 5.64. The third kappa shape index (κ3) is 2.36. The molecule has 0 aliphatic carbocycles. The number of nitrogens with one attached hydrogen (secondary N) is 1. The summed E-state index contributed by atoms with van der Waals surface area (Å²) >= 11 is 0. The van der Waals surface area contributed by atoms with Gasteiger partial charge in [0.05, 0.1) is 5.56 Å². The molecule has 5 nitrogen and oxygen atoms in total. The quantitative estimate of drug-likeness (QED) is 0.566. The smallest absolute Gasteiger partial charge is 0.258 e. The van der Waals surface area contributed by atoms with Crippen LogP contribution in [0.1, 0.15) is 16.7 Å². The molecule has 0 bridgehead atoms. The average Bonchev–Trinajstić information content (AvgIpc) is 2.53. The molecule has 0 radical (unpaired) electrons. The van der Waals surface area contributed by atoms with Gasteiger partial charge in [0.2, 0.25) is 5.88 Å². The van der Waals surface area contributed by atoms with E-state index < -0.39 is 0 Å². The standard InChI is InChI=1S/C18H14N2O3/c1-10-5-6-15-12(7-10)9-14-17(22)19-16(20-18(14)23-15)11-3-2-4-13(21)8-11/h2-8,21H,9H2,1H3,(H,19,20,22). The van der Waals surface area contributed by atoms with Gasteiger partial charge in [0.25, 0.3) is 5.56 Å². The molecule has 114 valence electrons. The van der Waals surface area contributed by atoms with Crippen molar-refractivity contribution in [3.05, 3.63) is 69.5 Å². The summed E-state index contributed by atoms with van der Waals surface area (Å²) in [6.07, 6.45) is 0.495. The van der Waals surface area contributed by atoms with Crippen molar-refractivity contribution in [2.24, 2.45) is 0 Å². The third-order valence-corrected chi connectivity index (χ3v) is 3.89. The van der Waals surface area contributed by atoms with E-state index in [1.165, 1.54) is 0 Å². The van der Waals surface area contributed by atoms with Crippen molar-refractivity contribution in [3.8, 4) is 28.8 Å². The summed E-state index contributed by atoms with van der Waals surface area (Å²) in [5.41, 5.74) is 3.03. The van der Waals surface area contributed by atoms with E-state index in [0.717, 1.165) is 16.9 Å². The minimum absolute atomic E-state index is 0.115. The van der Waals surface area contributed by atoms with E-state index >= 15 is 0 Å². The van der Waals surface area contributed by atoms with E-state index in [2.05, 4.69) is 9.97 Å². The Labute approximate surface area is 132 Å². The monoisotopic (exact) mass is 306 g/mol. The molecule has 1 aromatic heterocycles. The Hall–Kier alpha value is -3.08. The molecule has 0 unspecified atom stereocenters. The van der Waals surface area contributed by atoms with Gasteiger partial charge < -0.3 is 14.8 Å². The van der Waals surface area contributed by atoms with Gasteiger partial charge in [-0.05, 0) is 30.7 Å². The number of aryl methyl sites for hydroxylation is 1. The number of benzene rings is 2. The van der Waals surface area contributed by atoms with E-state index in [1.54, 1.807) is 24.3 Å². The molecule has 2 heterocycles.